The summed E-state index contributed by atoms with van der Waals surface area (Å²) in [6.07, 6.45) is 1.48. The molecule has 4 rings (SSSR count). The van der Waals surface area contributed by atoms with Crippen molar-refractivity contribution in [1.82, 2.24) is 15.1 Å². The molecule has 1 aliphatic heterocycles. The van der Waals surface area contributed by atoms with Gasteiger partial charge in [0.1, 0.15) is 11.0 Å². The van der Waals surface area contributed by atoms with Gasteiger partial charge in [0.05, 0.1) is 4.88 Å². The predicted octanol–water partition coefficient (Wildman–Crippen LogP) is 4.63. The molecular formula is C21H22N4O2S2. The third kappa shape index (κ3) is 4.23. The third-order valence-electron chi connectivity index (χ3n) is 5.03. The van der Waals surface area contributed by atoms with Crippen LogP contribution in [0.15, 0.2) is 41.8 Å². The Morgan fingerprint density at radius 2 is 1.97 bits per heavy atom. The van der Waals surface area contributed by atoms with Crippen LogP contribution in [0.3, 0.4) is 0 Å². The number of anilines is 1. The molecule has 1 unspecified atom stereocenters. The Bertz CT molecular complexity index is 996. The largest absolute Gasteiger partial charge is 0.326 e. The lowest BCUT2D eigenvalue weighted by Crippen LogP contribution is -2.42. The first-order chi connectivity index (χ1) is 14.0. The van der Waals surface area contributed by atoms with Crippen LogP contribution in [0.2, 0.25) is 0 Å². The molecule has 1 N–H and O–H groups in total. The molecule has 150 valence electrons. The SMILES string of the molecule is CC(C)c1ccc(-c2nnc(NC(=O)C3CCCN3C(=O)c3cccs3)s2)cc1. The molecule has 1 fully saturated rings. The van der Waals surface area contributed by atoms with Crippen LogP contribution in [-0.2, 0) is 4.79 Å². The molecule has 0 radical (unpaired) electrons. The zero-order valence-electron chi connectivity index (χ0n) is 16.3. The van der Waals surface area contributed by atoms with Crippen molar-refractivity contribution in [2.24, 2.45) is 0 Å². The summed E-state index contributed by atoms with van der Waals surface area (Å²) in [5.74, 6) is 0.186. The predicted molar refractivity (Wildman–Crippen MR) is 116 cm³/mol. The van der Waals surface area contributed by atoms with Crippen LogP contribution in [0.4, 0.5) is 5.13 Å². The second-order valence-electron chi connectivity index (χ2n) is 7.31. The molecule has 29 heavy (non-hydrogen) atoms. The van der Waals surface area contributed by atoms with E-state index in [1.54, 1.807) is 11.0 Å². The van der Waals surface area contributed by atoms with Gasteiger partial charge in [0.25, 0.3) is 5.91 Å². The lowest BCUT2D eigenvalue weighted by Gasteiger charge is -2.22. The molecule has 8 heteroatoms. The molecule has 0 saturated carbocycles. The maximum Gasteiger partial charge on any atom is 0.264 e. The fourth-order valence-corrected chi connectivity index (χ4v) is 4.84. The molecule has 3 aromatic rings. The minimum atomic E-state index is -0.470. The van der Waals surface area contributed by atoms with E-state index in [2.05, 4.69) is 41.5 Å². The molecule has 2 aromatic heterocycles. The second-order valence-corrected chi connectivity index (χ2v) is 9.24. The summed E-state index contributed by atoms with van der Waals surface area (Å²) in [5, 5.41) is 14.3. The molecule has 1 atom stereocenters. The van der Waals surface area contributed by atoms with E-state index in [4.69, 9.17) is 0 Å². The maximum absolute atomic E-state index is 12.8. The number of rotatable bonds is 5. The molecule has 0 aliphatic carbocycles. The summed E-state index contributed by atoms with van der Waals surface area (Å²) in [4.78, 5) is 27.8. The molecule has 2 amide bonds. The van der Waals surface area contributed by atoms with Gasteiger partial charge in [-0.1, -0.05) is 55.5 Å². The fourth-order valence-electron chi connectivity index (χ4n) is 3.41. The van der Waals surface area contributed by atoms with E-state index in [0.717, 1.165) is 17.0 Å². The van der Waals surface area contributed by atoms with E-state index in [1.807, 2.05) is 23.6 Å². The number of amides is 2. The average molecular weight is 427 g/mol. The number of nitrogens with one attached hydrogen (secondary N) is 1. The van der Waals surface area contributed by atoms with Crippen molar-refractivity contribution in [2.75, 3.05) is 11.9 Å². The lowest BCUT2D eigenvalue weighted by atomic mass is 10.0. The van der Waals surface area contributed by atoms with Gasteiger partial charge in [-0.2, -0.15) is 0 Å². The van der Waals surface area contributed by atoms with Crippen molar-refractivity contribution >= 4 is 39.6 Å². The third-order valence-corrected chi connectivity index (χ3v) is 6.77. The van der Waals surface area contributed by atoms with E-state index in [1.165, 1.54) is 28.2 Å². The van der Waals surface area contributed by atoms with Gasteiger partial charge in [-0.15, -0.1) is 21.5 Å². The summed E-state index contributed by atoms with van der Waals surface area (Å²) in [6.45, 7) is 4.91. The molecule has 1 aromatic carbocycles. The second kappa shape index (κ2) is 8.42. The van der Waals surface area contributed by atoms with Crippen LogP contribution in [-0.4, -0.2) is 39.5 Å². The summed E-state index contributed by atoms with van der Waals surface area (Å²) in [6, 6.07) is 11.4. The summed E-state index contributed by atoms with van der Waals surface area (Å²) in [5.41, 5.74) is 2.24. The number of hydrogen-bond donors (Lipinski definition) is 1. The van der Waals surface area contributed by atoms with Crippen molar-refractivity contribution < 1.29 is 9.59 Å². The van der Waals surface area contributed by atoms with Crippen LogP contribution in [0, 0.1) is 0 Å². The van der Waals surface area contributed by atoms with Gasteiger partial charge in [0.2, 0.25) is 11.0 Å². The van der Waals surface area contributed by atoms with Crippen LogP contribution in [0.25, 0.3) is 10.6 Å². The van der Waals surface area contributed by atoms with Crippen molar-refractivity contribution in [2.45, 2.75) is 38.6 Å². The number of carbonyl (C=O) groups is 2. The van der Waals surface area contributed by atoms with E-state index in [-0.39, 0.29) is 11.8 Å². The van der Waals surface area contributed by atoms with E-state index < -0.39 is 6.04 Å². The molecule has 1 aliphatic rings. The summed E-state index contributed by atoms with van der Waals surface area (Å²) in [7, 11) is 0. The molecule has 3 heterocycles. The number of likely N-dealkylation sites (tertiary alicyclic amines) is 1. The minimum absolute atomic E-state index is 0.0826. The van der Waals surface area contributed by atoms with Crippen LogP contribution >= 0.6 is 22.7 Å². The summed E-state index contributed by atoms with van der Waals surface area (Å²) >= 11 is 2.74. The fraction of sp³-hybridized carbons (Fsp3) is 0.333. The number of nitrogens with zero attached hydrogens (tertiary/aromatic N) is 3. The Kier molecular flexibility index (Phi) is 5.73. The topological polar surface area (TPSA) is 75.2 Å². The van der Waals surface area contributed by atoms with Crippen LogP contribution in [0.5, 0.6) is 0 Å². The normalized spacial score (nSPS) is 16.4. The zero-order chi connectivity index (χ0) is 20.4. The van der Waals surface area contributed by atoms with Gasteiger partial charge in [-0.25, -0.2) is 0 Å². The smallest absolute Gasteiger partial charge is 0.264 e. The summed E-state index contributed by atoms with van der Waals surface area (Å²) < 4.78 is 0. The van der Waals surface area contributed by atoms with Gasteiger partial charge >= 0.3 is 0 Å². The highest BCUT2D eigenvalue weighted by Crippen LogP contribution is 2.29. The van der Waals surface area contributed by atoms with E-state index >= 15 is 0 Å². The highest BCUT2D eigenvalue weighted by atomic mass is 32.1. The van der Waals surface area contributed by atoms with Gasteiger partial charge in [-0.3, -0.25) is 14.9 Å². The minimum Gasteiger partial charge on any atom is -0.326 e. The maximum atomic E-state index is 12.8. The quantitative estimate of drug-likeness (QED) is 0.645. The average Bonchev–Trinajstić information content (AvgIpc) is 3.48. The Hall–Kier alpha value is -2.58. The Morgan fingerprint density at radius 3 is 2.66 bits per heavy atom. The Labute approximate surface area is 177 Å². The number of benzene rings is 1. The molecule has 0 bridgehead atoms. The number of hydrogen-bond acceptors (Lipinski definition) is 6. The first kappa shape index (κ1) is 19.7. The van der Waals surface area contributed by atoms with E-state index in [0.29, 0.717) is 28.9 Å². The van der Waals surface area contributed by atoms with Crippen molar-refractivity contribution in [3.63, 3.8) is 0 Å². The van der Waals surface area contributed by atoms with Gasteiger partial charge in [0.15, 0.2) is 0 Å². The highest BCUT2D eigenvalue weighted by molar-refractivity contribution is 7.18. The first-order valence-electron chi connectivity index (χ1n) is 9.62. The van der Waals surface area contributed by atoms with Gasteiger partial charge in [0, 0.05) is 12.1 Å². The van der Waals surface area contributed by atoms with Crippen molar-refractivity contribution in [3.8, 4) is 10.6 Å². The van der Waals surface area contributed by atoms with E-state index in [9.17, 15) is 9.59 Å². The Balaban J connectivity index is 1.44. The van der Waals surface area contributed by atoms with Crippen LogP contribution < -0.4 is 5.32 Å². The number of carbonyl (C=O) groups excluding carboxylic acids is 2. The molecule has 1 saturated heterocycles. The Morgan fingerprint density at radius 1 is 1.17 bits per heavy atom. The van der Waals surface area contributed by atoms with Crippen molar-refractivity contribution in [1.29, 1.82) is 0 Å². The standard InChI is InChI=1S/C21H22N4O2S2/c1-13(2)14-7-9-15(10-8-14)19-23-24-21(29-19)22-18(26)16-5-3-11-25(16)20(27)17-6-4-12-28-17/h4,6-10,12-13,16H,3,5,11H2,1-2H3,(H,22,24,26). The van der Waals surface area contributed by atoms with Crippen LogP contribution in [0.1, 0.15) is 47.8 Å². The number of aromatic nitrogens is 2. The zero-order valence-corrected chi connectivity index (χ0v) is 17.9. The van der Waals surface area contributed by atoms with Gasteiger partial charge in [-0.05, 0) is 35.8 Å². The highest BCUT2D eigenvalue weighted by Gasteiger charge is 2.35. The monoisotopic (exact) mass is 426 g/mol. The first-order valence-corrected chi connectivity index (χ1v) is 11.3. The molecule has 0 spiro atoms. The number of thiophene rings is 1. The lowest BCUT2D eigenvalue weighted by molar-refractivity contribution is -0.119. The molecule has 6 nitrogen and oxygen atoms in total. The molecular weight excluding hydrogens is 404 g/mol. The van der Waals surface area contributed by atoms with Crippen molar-refractivity contribution in [3.05, 3.63) is 52.2 Å². The van der Waals surface area contributed by atoms with Gasteiger partial charge < -0.3 is 4.90 Å².